The third-order valence-corrected chi connectivity index (χ3v) is 4.46. The molecule has 3 atom stereocenters. The summed E-state index contributed by atoms with van der Waals surface area (Å²) in [5.74, 6) is -0.559. The molecule has 0 spiro atoms. The van der Waals surface area contributed by atoms with Gasteiger partial charge in [0.25, 0.3) is 10.1 Å². The molecule has 5 nitrogen and oxygen atoms in total. The molecule has 1 aromatic rings. The maximum atomic E-state index is 11.5. The van der Waals surface area contributed by atoms with E-state index in [1.807, 2.05) is 25.1 Å². The lowest BCUT2D eigenvalue weighted by molar-refractivity contribution is -0.154. The molecule has 0 bridgehead atoms. The first-order valence-corrected chi connectivity index (χ1v) is 9.12. The second kappa shape index (κ2) is 6.06. The van der Waals surface area contributed by atoms with Gasteiger partial charge in [0.05, 0.1) is 6.26 Å². The Labute approximate surface area is 132 Å². The summed E-state index contributed by atoms with van der Waals surface area (Å²) < 4.78 is 34.4. The molecule has 0 amide bonds. The van der Waals surface area contributed by atoms with Gasteiger partial charge in [-0.05, 0) is 35.6 Å². The predicted molar refractivity (Wildman–Crippen MR) is 81.2 cm³/mol. The van der Waals surface area contributed by atoms with Crippen molar-refractivity contribution < 1.29 is 22.1 Å². The minimum Gasteiger partial charge on any atom is -0.455 e. The molecule has 0 heterocycles. The van der Waals surface area contributed by atoms with Crippen molar-refractivity contribution in [1.29, 1.82) is 0 Å². The molecule has 21 heavy (non-hydrogen) atoms. The zero-order valence-corrected chi connectivity index (χ0v) is 14.4. The summed E-state index contributed by atoms with van der Waals surface area (Å²) in [4.78, 5) is 11.4. The van der Waals surface area contributed by atoms with Crippen LogP contribution in [0.5, 0.6) is 0 Å². The molecule has 0 saturated heterocycles. The smallest absolute Gasteiger partial charge is 0.303 e. The fraction of sp³-hybridized carbons (Fsp3) is 0.500. The van der Waals surface area contributed by atoms with Crippen molar-refractivity contribution in [2.75, 3.05) is 6.26 Å². The SMILES string of the molecule is CC(=O)O[C@@H]1c2ccc(Br)cc2C[C@H](C)[C@H]1OS(C)(=O)=O. The Morgan fingerprint density at radius 3 is 2.62 bits per heavy atom. The third-order valence-electron chi connectivity index (χ3n) is 3.39. The molecule has 0 N–H and O–H groups in total. The van der Waals surface area contributed by atoms with E-state index in [-0.39, 0.29) is 5.92 Å². The molecule has 1 aliphatic carbocycles. The molecule has 0 aliphatic heterocycles. The average Bonchev–Trinajstić information content (AvgIpc) is 2.31. The van der Waals surface area contributed by atoms with E-state index in [2.05, 4.69) is 15.9 Å². The van der Waals surface area contributed by atoms with Gasteiger partial charge in [0.1, 0.15) is 6.10 Å². The molecule has 116 valence electrons. The van der Waals surface area contributed by atoms with E-state index < -0.39 is 28.3 Å². The Balaban J connectivity index is 2.45. The summed E-state index contributed by atoms with van der Waals surface area (Å²) >= 11 is 3.41. The van der Waals surface area contributed by atoms with Gasteiger partial charge in [0, 0.05) is 11.4 Å². The first-order chi connectivity index (χ1) is 9.67. The van der Waals surface area contributed by atoms with Crippen LogP contribution in [0, 0.1) is 5.92 Å². The molecule has 0 radical (unpaired) electrons. The lowest BCUT2D eigenvalue weighted by atomic mass is 9.81. The van der Waals surface area contributed by atoms with E-state index in [0.717, 1.165) is 21.9 Å². The van der Waals surface area contributed by atoms with E-state index in [1.54, 1.807) is 0 Å². The van der Waals surface area contributed by atoms with Gasteiger partial charge < -0.3 is 4.74 Å². The Morgan fingerprint density at radius 1 is 1.38 bits per heavy atom. The van der Waals surface area contributed by atoms with Gasteiger partial charge in [0.15, 0.2) is 6.10 Å². The van der Waals surface area contributed by atoms with Crippen LogP contribution in [0.2, 0.25) is 0 Å². The van der Waals surface area contributed by atoms with Gasteiger partial charge >= 0.3 is 5.97 Å². The van der Waals surface area contributed by atoms with Crippen LogP contribution >= 0.6 is 15.9 Å². The molecular formula is C14H17BrO5S. The van der Waals surface area contributed by atoms with Crippen LogP contribution in [0.1, 0.15) is 31.1 Å². The van der Waals surface area contributed by atoms with Gasteiger partial charge in [-0.1, -0.05) is 28.9 Å². The highest BCUT2D eigenvalue weighted by Gasteiger charge is 2.39. The van der Waals surface area contributed by atoms with Crippen LogP contribution in [-0.4, -0.2) is 26.7 Å². The lowest BCUT2D eigenvalue weighted by Crippen LogP contribution is -2.38. The van der Waals surface area contributed by atoms with Gasteiger partial charge in [-0.2, -0.15) is 8.42 Å². The van der Waals surface area contributed by atoms with Gasteiger partial charge in [-0.3, -0.25) is 8.98 Å². The van der Waals surface area contributed by atoms with Crippen LogP contribution in [0.25, 0.3) is 0 Å². The predicted octanol–water partition coefficient (Wildman–Crippen LogP) is 2.59. The van der Waals surface area contributed by atoms with Crippen LogP contribution in [0.3, 0.4) is 0 Å². The van der Waals surface area contributed by atoms with Crippen molar-refractivity contribution in [3.8, 4) is 0 Å². The molecule has 1 aliphatic rings. The van der Waals surface area contributed by atoms with Crippen molar-refractivity contribution in [3.63, 3.8) is 0 Å². The lowest BCUT2D eigenvalue weighted by Gasteiger charge is -2.36. The highest BCUT2D eigenvalue weighted by atomic mass is 79.9. The maximum Gasteiger partial charge on any atom is 0.303 e. The summed E-state index contributed by atoms with van der Waals surface area (Å²) in [5.41, 5.74) is 1.82. The number of rotatable bonds is 3. The quantitative estimate of drug-likeness (QED) is 0.598. The van der Waals surface area contributed by atoms with E-state index in [4.69, 9.17) is 8.92 Å². The third kappa shape index (κ3) is 4.05. The topological polar surface area (TPSA) is 69.7 Å². The first kappa shape index (κ1) is 16.5. The highest BCUT2D eigenvalue weighted by Crippen LogP contribution is 2.39. The van der Waals surface area contributed by atoms with E-state index in [1.165, 1.54) is 6.92 Å². The Kier molecular flexibility index (Phi) is 4.75. The molecule has 1 aromatic carbocycles. The number of esters is 1. The summed E-state index contributed by atoms with van der Waals surface area (Å²) in [6.45, 7) is 3.19. The molecule has 0 aromatic heterocycles. The summed E-state index contributed by atoms with van der Waals surface area (Å²) in [6, 6.07) is 5.62. The van der Waals surface area contributed by atoms with E-state index >= 15 is 0 Å². The molecule has 0 saturated carbocycles. The zero-order chi connectivity index (χ0) is 15.8. The number of carbonyl (C=O) groups is 1. The Hall–Kier alpha value is -0.920. The monoisotopic (exact) mass is 376 g/mol. The number of benzene rings is 1. The Bertz CT molecular complexity index is 655. The minimum atomic E-state index is -3.64. The van der Waals surface area contributed by atoms with Gasteiger partial charge in [-0.15, -0.1) is 0 Å². The molecule has 0 unspecified atom stereocenters. The maximum absolute atomic E-state index is 11.5. The number of hydrogen-bond donors (Lipinski definition) is 0. The summed E-state index contributed by atoms with van der Waals surface area (Å²) in [5, 5.41) is 0. The fourth-order valence-corrected chi connectivity index (χ4v) is 3.73. The standard InChI is InChI=1S/C14H17BrO5S/c1-8-6-10-7-11(15)4-5-12(10)14(19-9(2)16)13(8)20-21(3,17)18/h4-5,7-8,13-14H,6H2,1-3H3/t8-,13+,14+/m0/s1. The summed E-state index contributed by atoms with van der Waals surface area (Å²) in [7, 11) is -3.64. The van der Waals surface area contributed by atoms with Crippen LogP contribution in [0.15, 0.2) is 22.7 Å². The Morgan fingerprint density at radius 2 is 2.05 bits per heavy atom. The van der Waals surface area contributed by atoms with Gasteiger partial charge in [-0.25, -0.2) is 0 Å². The zero-order valence-electron chi connectivity index (χ0n) is 12.0. The van der Waals surface area contributed by atoms with Crippen molar-refractivity contribution in [3.05, 3.63) is 33.8 Å². The summed E-state index contributed by atoms with van der Waals surface area (Å²) in [6.07, 6.45) is 0.232. The highest BCUT2D eigenvalue weighted by molar-refractivity contribution is 9.10. The van der Waals surface area contributed by atoms with Crippen molar-refractivity contribution in [1.82, 2.24) is 0 Å². The van der Waals surface area contributed by atoms with Gasteiger partial charge in [0.2, 0.25) is 0 Å². The largest absolute Gasteiger partial charge is 0.455 e. The minimum absolute atomic E-state index is 0.0918. The van der Waals surface area contributed by atoms with E-state index in [9.17, 15) is 13.2 Å². The molecule has 2 rings (SSSR count). The number of ether oxygens (including phenoxy) is 1. The number of fused-ring (bicyclic) bond motifs is 1. The van der Waals surface area contributed by atoms with Crippen molar-refractivity contribution in [2.24, 2.45) is 5.92 Å². The first-order valence-electron chi connectivity index (χ1n) is 6.51. The van der Waals surface area contributed by atoms with E-state index in [0.29, 0.717) is 6.42 Å². The molecule has 0 fully saturated rings. The number of halogens is 1. The van der Waals surface area contributed by atoms with Crippen LogP contribution < -0.4 is 0 Å². The normalized spacial score (nSPS) is 25.2. The average molecular weight is 377 g/mol. The fourth-order valence-electron chi connectivity index (χ4n) is 2.62. The second-order valence-corrected chi connectivity index (χ2v) is 7.84. The second-order valence-electron chi connectivity index (χ2n) is 5.32. The van der Waals surface area contributed by atoms with Crippen LogP contribution in [0.4, 0.5) is 0 Å². The van der Waals surface area contributed by atoms with Crippen LogP contribution in [-0.2, 0) is 30.3 Å². The number of carbonyl (C=O) groups excluding carboxylic acids is 1. The molecule has 7 heteroatoms. The van der Waals surface area contributed by atoms with Crippen molar-refractivity contribution >= 4 is 32.0 Å². The number of hydrogen-bond acceptors (Lipinski definition) is 5. The van der Waals surface area contributed by atoms with Crippen molar-refractivity contribution in [2.45, 2.75) is 32.5 Å². The molecular weight excluding hydrogens is 360 g/mol.